The molecular formula is C10H12N2O6. The maximum atomic E-state index is 11.6. The highest BCUT2D eigenvalue weighted by Crippen LogP contribution is 2.16. The maximum absolute atomic E-state index is 11.6. The number of carbonyl (C=O) groups excluding carboxylic acids is 1. The van der Waals surface area contributed by atoms with Crippen LogP contribution < -0.4 is 5.32 Å². The van der Waals surface area contributed by atoms with Crippen LogP contribution in [0.1, 0.15) is 24.4 Å². The Morgan fingerprint density at radius 1 is 1.44 bits per heavy atom. The lowest BCUT2D eigenvalue weighted by Crippen LogP contribution is -2.44. The smallest absolute Gasteiger partial charge is 0.433 e. The molecule has 1 heterocycles. The van der Waals surface area contributed by atoms with E-state index < -0.39 is 28.7 Å². The number of nitro groups is 1. The van der Waals surface area contributed by atoms with Crippen LogP contribution in [0.25, 0.3) is 0 Å². The molecule has 1 aromatic rings. The van der Waals surface area contributed by atoms with Crippen LogP contribution in [0, 0.1) is 16.0 Å². The summed E-state index contributed by atoms with van der Waals surface area (Å²) in [5.74, 6) is -3.18. The number of carboxylic acid groups (broad SMARTS) is 1. The van der Waals surface area contributed by atoms with E-state index in [2.05, 4.69) is 9.73 Å². The van der Waals surface area contributed by atoms with Gasteiger partial charge in [-0.25, -0.2) is 4.79 Å². The zero-order chi connectivity index (χ0) is 13.9. The highest BCUT2D eigenvalue weighted by molar-refractivity contribution is 5.94. The Kier molecular flexibility index (Phi) is 4.03. The van der Waals surface area contributed by atoms with Gasteiger partial charge in [-0.15, -0.1) is 0 Å². The lowest BCUT2D eigenvalue weighted by molar-refractivity contribution is -0.402. The summed E-state index contributed by atoms with van der Waals surface area (Å²) in [6.45, 7) is 3.26. The molecule has 0 aliphatic carbocycles. The zero-order valence-electron chi connectivity index (χ0n) is 9.75. The van der Waals surface area contributed by atoms with Gasteiger partial charge in [0.1, 0.15) is 11.0 Å². The number of amides is 1. The molecule has 1 aromatic heterocycles. The van der Waals surface area contributed by atoms with Crippen molar-refractivity contribution in [2.24, 2.45) is 5.92 Å². The number of aliphatic carboxylic acids is 1. The molecule has 98 valence electrons. The van der Waals surface area contributed by atoms with Crippen molar-refractivity contribution in [1.29, 1.82) is 0 Å². The predicted molar refractivity (Wildman–Crippen MR) is 59.1 cm³/mol. The number of rotatable bonds is 5. The number of furan rings is 1. The molecule has 0 aromatic carbocycles. The summed E-state index contributed by atoms with van der Waals surface area (Å²) >= 11 is 0. The van der Waals surface area contributed by atoms with Gasteiger partial charge in [0.25, 0.3) is 5.91 Å². The fraction of sp³-hybridized carbons (Fsp3) is 0.400. The van der Waals surface area contributed by atoms with Crippen molar-refractivity contribution in [2.45, 2.75) is 19.9 Å². The Morgan fingerprint density at radius 2 is 2.06 bits per heavy atom. The molecule has 8 nitrogen and oxygen atoms in total. The standard InChI is InChI=1S/C10H12N2O6/c1-5(2)8(10(14)15)11-9(13)6-3-4-7(18-6)12(16)17/h3-5,8H,1-2H3,(H,11,13)(H,14,15). The summed E-state index contributed by atoms with van der Waals surface area (Å²) < 4.78 is 4.66. The number of carbonyl (C=O) groups is 2. The Morgan fingerprint density at radius 3 is 2.44 bits per heavy atom. The second kappa shape index (κ2) is 5.30. The van der Waals surface area contributed by atoms with Crippen LogP contribution in [-0.2, 0) is 4.79 Å². The van der Waals surface area contributed by atoms with Crippen molar-refractivity contribution in [2.75, 3.05) is 0 Å². The molecule has 8 heteroatoms. The van der Waals surface area contributed by atoms with Crippen LogP contribution in [0.15, 0.2) is 16.5 Å². The fourth-order valence-corrected chi connectivity index (χ4v) is 1.27. The number of hydrogen-bond donors (Lipinski definition) is 2. The van der Waals surface area contributed by atoms with E-state index >= 15 is 0 Å². The van der Waals surface area contributed by atoms with E-state index in [4.69, 9.17) is 5.11 Å². The Hall–Kier alpha value is -2.38. The van der Waals surface area contributed by atoms with Gasteiger partial charge in [0.15, 0.2) is 5.76 Å². The van der Waals surface area contributed by atoms with Gasteiger partial charge < -0.3 is 14.8 Å². The van der Waals surface area contributed by atoms with Crippen molar-refractivity contribution in [3.63, 3.8) is 0 Å². The molecule has 1 unspecified atom stereocenters. The van der Waals surface area contributed by atoms with Crippen LogP contribution in [0.5, 0.6) is 0 Å². The summed E-state index contributed by atoms with van der Waals surface area (Å²) in [5, 5.41) is 21.5. The summed E-state index contributed by atoms with van der Waals surface area (Å²) in [5.41, 5.74) is 0. The van der Waals surface area contributed by atoms with E-state index in [1.165, 1.54) is 0 Å². The number of hydrogen-bond acceptors (Lipinski definition) is 5. The molecule has 0 aliphatic rings. The van der Waals surface area contributed by atoms with Crippen molar-refractivity contribution in [3.05, 3.63) is 28.0 Å². The third-order valence-electron chi connectivity index (χ3n) is 2.21. The topological polar surface area (TPSA) is 123 Å². The van der Waals surface area contributed by atoms with Gasteiger partial charge in [-0.1, -0.05) is 13.8 Å². The predicted octanol–water partition coefficient (Wildman–Crippen LogP) is 1.03. The normalized spacial score (nSPS) is 12.2. The first-order chi connectivity index (χ1) is 8.32. The third kappa shape index (κ3) is 3.06. The van der Waals surface area contributed by atoms with Crippen molar-refractivity contribution >= 4 is 17.8 Å². The van der Waals surface area contributed by atoms with E-state index in [1.54, 1.807) is 13.8 Å². The van der Waals surface area contributed by atoms with Crippen LogP contribution in [0.2, 0.25) is 0 Å². The highest BCUT2D eigenvalue weighted by atomic mass is 16.6. The van der Waals surface area contributed by atoms with Crippen LogP contribution in [-0.4, -0.2) is 27.9 Å². The zero-order valence-corrected chi connectivity index (χ0v) is 9.75. The number of carboxylic acids is 1. The molecule has 1 rings (SSSR count). The molecule has 0 spiro atoms. The quantitative estimate of drug-likeness (QED) is 0.599. The first kappa shape index (κ1) is 13.7. The molecule has 2 N–H and O–H groups in total. The number of nitrogens with zero attached hydrogens (tertiary/aromatic N) is 1. The molecule has 0 fully saturated rings. The average Bonchev–Trinajstić information content (AvgIpc) is 2.73. The van der Waals surface area contributed by atoms with Gasteiger partial charge in [0, 0.05) is 0 Å². The molecule has 18 heavy (non-hydrogen) atoms. The maximum Gasteiger partial charge on any atom is 0.433 e. The van der Waals surface area contributed by atoms with E-state index in [-0.39, 0.29) is 11.7 Å². The minimum absolute atomic E-state index is 0.298. The van der Waals surface area contributed by atoms with Crippen molar-refractivity contribution < 1.29 is 24.0 Å². The molecule has 1 atom stereocenters. The fourth-order valence-electron chi connectivity index (χ4n) is 1.27. The van der Waals surface area contributed by atoms with E-state index in [9.17, 15) is 19.7 Å². The van der Waals surface area contributed by atoms with E-state index in [0.717, 1.165) is 12.1 Å². The lowest BCUT2D eigenvalue weighted by Gasteiger charge is -2.16. The molecular weight excluding hydrogens is 244 g/mol. The molecule has 0 saturated heterocycles. The van der Waals surface area contributed by atoms with Crippen molar-refractivity contribution in [3.8, 4) is 0 Å². The molecule has 0 saturated carbocycles. The average molecular weight is 256 g/mol. The molecule has 0 bridgehead atoms. The minimum Gasteiger partial charge on any atom is -0.480 e. The van der Waals surface area contributed by atoms with Gasteiger partial charge in [-0.2, -0.15) is 0 Å². The van der Waals surface area contributed by atoms with Crippen LogP contribution >= 0.6 is 0 Å². The van der Waals surface area contributed by atoms with E-state index in [1.807, 2.05) is 0 Å². The Bertz CT molecular complexity index is 478. The minimum atomic E-state index is -1.18. The highest BCUT2D eigenvalue weighted by Gasteiger charge is 2.26. The van der Waals surface area contributed by atoms with Crippen molar-refractivity contribution in [1.82, 2.24) is 5.32 Å². The summed E-state index contributed by atoms with van der Waals surface area (Å²) in [6.07, 6.45) is 0. The molecule has 0 radical (unpaired) electrons. The number of nitrogens with one attached hydrogen (secondary N) is 1. The lowest BCUT2D eigenvalue weighted by atomic mass is 10.0. The molecule has 1 amide bonds. The summed E-state index contributed by atoms with van der Waals surface area (Å²) in [7, 11) is 0. The summed E-state index contributed by atoms with van der Waals surface area (Å²) in [4.78, 5) is 32.1. The Labute approximate surface area is 102 Å². The van der Waals surface area contributed by atoms with Gasteiger partial charge in [-0.05, 0) is 12.0 Å². The van der Waals surface area contributed by atoms with Crippen LogP contribution in [0.3, 0.4) is 0 Å². The van der Waals surface area contributed by atoms with Gasteiger partial charge >= 0.3 is 11.9 Å². The van der Waals surface area contributed by atoms with Gasteiger partial charge in [0.05, 0.1) is 6.07 Å². The monoisotopic (exact) mass is 256 g/mol. The summed E-state index contributed by atoms with van der Waals surface area (Å²) in [6, 6.07) is 1.06. The third-order valence-corrected chi connectivity index (χ3v) is 2.21. The Balaban J connectivity index is 2.80. The molecule has 0 aliphatic heterocycles. The van der Waals surface area contributed by atoms with Crippen LogP contribution in [0.4, 0.5) is 5.88 Å². The van der Waals surface area contributed by atoms with E-state index in [0.29, 0.717) is 0 Å². The first-order valence-corrected chi connectivity index (χ1v) is 5.10. The van der Waals surface area contributed by atoms with Gasteiger partial charge in [0.2, 0.25) is 0 Å². The first-order valence-electron chi connectivity index (χ1n) is 5.10. The second-order valence-electron chi connectivity index (χ2n) is 3.93. The second-order valence-corrected chi connectivity index (χ2v) is 3.93. The SMILES string of the molecule is CC(C)C(NC(=O)c1ccc([N+](=O)[O-])o1)C(=O)O. The largest absolute Gasteiger partial charge is 0.480 e. The van der Waals surface area contributed by atoms with Gasteiger partial charge in [-0.3, -0.25) is 14.9 Å².